The summed E-state index contributed by atoms with van der Waals surface area (Å²) in [5, 5.41) is 0. The minimum absolute atomic E-state index is 0.175. The Morgan fingerprint density at radius 3 is 2.54 bits per heavy atom. The van der Waals surface area contributed by atoms with Crippen molar-refractivity contribution < 1.29 is 4.79 Å². The van der Waals surface area contributed by atoms with E-state index in [1.165, 1.54) is 0 Å². The second-order valence-electron chi connectivity index (χ2n) is 3.21. The lowest BCUT2D eigenvalue weighted by Gasteiger charge is -2.33. The molecule has 66 valence electrons. The lowest BCUT2D eigenvalue weighted by Crippen LogP contribution is -2.39. The largest absolute Gasteiger partial charge is 0.312 e. The number of amides is 1. The molecule has 1 aromatic rings. The highest BCUT2D eigenvalue weighted by molar-refractivity contribution is 5.87. The molecule has 1 saturated heterocycles. The van der Waals surface area contributed by atoms with Crippen LogP contribution in [0.3, 0.4) is 0 Å². The summed E-state index contributed by atoms with van der Waals surface area (Å²) in [6.45, 7) is 4.46. The van der Waals surface area contributed by atoms with E-state index in [1.54, 1.807) is 4.90 Å². The third-order valence-corrected chi connectivity index (χ3v) is 2.22. The molecule has 1 aliphatic rings. The Bertz CT molecular complexity index is 328. The molecule has 2 heteroatoms. The normalized spacial score (nSPS) is 15.8. The molecule has 1 aromatic carbocycles. The number of hydrogen-bond acceptors (Lipinski definition) is 1. The van der Waals surface area contributed by atoms with Crippen LogP contribution < -0.4 is 0 Å². The Kier molecular flexibility index (Phi) is 1.89. The molecule has 0 spiro atoms. The minimum atomic E-state index is 0.175. The molecule has 1 amide bonds. The summed E-state index contributed by atoms with van der Waals surface area (Å²) in [5.74, 6) is 0.175. The first-order valence-electron chi connectivity index (χ1n) is 4.29. The molecule has 0 aromatic heterocycles. The number of hydrogen-bond donors (Lipinski definition) is 0. The molecule has 0 radical (unpaired) electrons. The standard InChI is InChI=1S/C11H11NO/c1-9-7-11(13)12(9)8-10-5-3-2-4-6-10/h2-6H,1,7-8H2. The number of benzene rings is 1. The number of likely N-dealkylation sites (tertiary alicyclic amines) is 1. The zero-order valence-corrected chi connectivity index (χ0v) is 7.36. The topological polar surface area (TPSA) is 20.3 Å². The summed E-state index contributed by atoms with van der Waals surface area (Å²) >= 11 is 0. The second-order valence-corrected chi connectivity index (χ2v) is 3.21. The van der Waals surface area contributed by atoms with Gasteiger partial charge in [-0.2, -0.15) is 0 Å². The maximum absolute atomic E-state index is 11.1. The van der Waals surface area contributed by atoms with Crippen molar-refractivity contribution in [1.82, 2.24) is 4.90 Å². The highest BCUT2D eigenvalue weighted by atomic mass is 16.2. The van der Waals surface area contributed by atoms with E-state index in [2.05, 4.69) is 6.58 Å². The molecule has 0 saturated carbocycles. The van der Waals surface area contributed by atoms with Gasteiger partial charge in [-0.05, 0) is 5.56 Å². The molecule has 0 aliphatic carbocycles. The summed E-state index contributed by atoms with van der Waals surface area (Å²) in [7, 11) is 0. The fraction of sp³-hybridized carbons (Fsp3) is 0.182. The number of β-lactam (4-membered cyclic amide) rings is 1. The van der Waals surface area contributed by atoms with Crippen LogP contribution in [0.25, 0.3) is 0 Å². The van der Waals surface area contributed by atoms with Crippen LogP contribution in [0.2, 0.25) is 0 Å². The van der Waals surface area contributed by atoms with Crippen LogP contribution in [0.1, 0.15) is 12.0 Å². The van der Waals surface area contributed by atoms with Crippen LogP contribution in [0.15, 0.2) is 42.6 Å². The molecule has 1 fully saturated rings. The van der Waals surface area contributed by atoms with Gasteiger partial charge in [-0.15, -0.1) is 0 Å². The highest BCUT2D eigenvalue weighted by Crippen LogP contribution is 2.23. The lowest BCUT2D eigenvalue weighted by atomic mass is 10.1. The smallest absolute Gasteiger partial charge is 0.232 e. The van der Waals surface area contributed by atoms with Gasteiger partial charge < -0.3 is 4.90 Å². The van der Waals surface area contributed by atoms with Gasteiger partial charge in [0.25, 0.3) is 0 Å². The number of rotatable bonds is 2. The average Bonchev–Trinajstić information content (AvgIpc) is 2.16. The molecular formula is C11H11NO. The average molecular weight is 173 g/mol. The van der Waals surface area contributed by atoms with Gasteiger partial charge in [-0.3, -0.25) is 4.79 Å². The van der Waals surface area contributed by atoms with Gasteiger partial charge in [0.15, 0.2) is 0 Å². The quantitative estimate of drug-likeness (QED) is 0.626. The van der Waals surface area contributed by atoms with Gasteiger partial charge in [-0.25, -0.2) is 0 Å². The van der Waals surface area contributed by atoms with Crippen molar-refractivity contribution in [2.24, 2.45) is 0 Å². The van der Waals surface area contributed by atoms with Crippen LogP contribution in [0.4, 0.5) is 0 Å². The Morgan fingerprint density at radius 2 is 2.00 bits per heavy atom. The van der Waals surface area contributed by atoms with Crippen molar-refractivity contribution in [2.75, 3.05) is 0 Å². The fourth-order valence-electron chi connectivity index (χ4n) is 1.42. The van der Waals surface area contributed by atoms with Crippen LogP contribution in [0.5, 0.6) is 0 Å². The van der Waals surface area contributed by atoms with Crippen LogP contribution in [-0.4, -0.2) is 10.8 Å². The fourth-order valence-corrected chi connectivity index (χ4v) is 1.42. The summed E-state index contributed by atoms with van der Waals surface area (Å²) in [6, 6.07) is 9.94. The summed E-state index contributed by atoms with van der Waals surface area (Å²) in [6.07, 6.45) is 0.521. The van der Waals surface area contributed by atoms with E-state index >= 15 is 0 Å². The molecule has 2 rings (SSSR count). The second kappa shape index (κ2) is 3.05. The Labute approximate surface area is 77.5 Å². The molecule has 0 atom stereocenters. The van der Waals surface area contributed by atoms with Gasteiger partial charge in [0, 0.05) is 5.70 Å². The van der Waals surface area contributed by atoms with Gasteiger partial charge in [0.05, 0.1) is 13.0 Å². The lowest BCUT2D eigenvalue weighted by molar-refractivity contribution is -0.135. The van der Waals surface area contributed by atoms with E-state index in [4.69, 9.17) is 0 Å². The van der Waals surface area contributed by atoms with E-state index in [-0.39, 0.29) is 5.91 Å². The van der Waals surface area contributed by atoms with E-state index in [0.717, 1.165) is 11.3 Å². The number of nitrogens with zero attached hydrogens (tertiary/aromatic N) is 1. The first kappa shape index (κ1) is 8.05. The van der Waals surface area contributed by atoms with Crippen LogP contribution in [0, 0.1) is 0 Å². The Balaban J connectivity index is 2.07. The molecule has 0 N–H and O–H groups in total. The Morgan fingerprint density at radius 1 is 1.31 bits per heavy atom. The van der Waals surface area contributed by atoms with Crippen molar-refractivity contribution in [3.8, 4) is 0 Å². The molecule has 1 aliphatic heterocycles. The predicted molar refractivity (Wildman–Crippen MR) is 50.7 cm³/mol. The van der Waals surface area contributed by atoms with Crippen molar-refractivity contribution in [1.29, 1.82) is 0 Å². The van der Waals surface area contributed by atoms with Crippen molar-refractivity contribution >= 4 is 5.91 Å². The molecule has 0 bridgehead atoms. The van der Waals surface area contributed by atoms with E-state index in [1.807, 2.05) is 30.3 Å². The van der Waals surface area contributed by atoms with Crippen molar-refractivity contribution in [3.63, 3.8) is 0 Å². The molecule has 0 unspecified atom stereocenters. The Hall–Kier alpha value is -1.57. The summed E-state index contributed by atoms with van der Waals surface area (Å²) < 4.78 is 0. The summed E-state index contributed by atoms with van der Waals surface area (Å²) in [5.41, 5.74) is 2.07. The third kappa shape index (κ3) is 1.47. The molecule has 1 heterocycles. The number of carbonyl (C=O) groups is 1. The zero-order valence-electron chi connectivity index (χ0n) is 7.36. The van der Waals surface area contributed by atoms with Gasteiger partial charge in [0.2, 0.25) is 5.91 Å². The van der Waals surface area contributed by atoms with E-state index in [0.29, 0.717) is 13.0 Å². The number of carbonyl (C=O) groups excluding carboxylic acids is 1. The van der Waals surface area contributed by atoms with Crippen molar-refractivity contribution in [3.05, 3.63) is 48.2 Å². The third-order valence-electron chi connectivity index (χ3n) is 2.22. The molecular weight excluding hydrogens is 162 g/mol. The van der Waals surface area contributed by atoms with Crippen molar-refractivity contribution in [2.45, 2.75) is 13.0 Å². The maximum Gasteiger partial charge on any atom is 0.232 e. The summed E-state index contributed by atoms with van der Waals surface area (Å²) in [4.78, 5) is 12.8. The predicted octanol–water partition coefficient (Wildman–Crippen LogP) is 1.93. The maximum atomic E-state index is 11.1. The molecule has 13 heavy (non-hydrogen) atoms. The van der Waals surface area contributed by atoms with Gasteiger partial charge in [-0.1, -0.05) is 36.9 Å². The SMILES string of the molecule is C=C1CC(=O)N1Cc1ccccc1. The minimum Gasteiger partial charge on any atom is -0.312 e. The molecule has 2 nitrogen and oxygen atoms in total. The van der Waals surface area contributed by atoms with Gasteiger partial charge in [0.1, 0.15) is 0 Å². The monoisotopic (exact) mass is 173 g/mol. The first-order chi connectivity index (χ1) is 6.27. The first-order valence-corrected chi connectivity index (χ1v) is 4.29. The van der Waals surface area contributed by atoms with E-state index in [9.17, 15) is 4.79 Å². The van der Waals surface area contributed by atoms with Crippen LogP contribution in [-0.2, 0) is 11.3 Å². The van der Waals surface area contributed by atoms with E-state index < -0.39 is 0 Å². The zero-order chi connectivity index (χ0) is 9.26. The highest BCUT2D eigenvalue weighted by Gasteiger charge is 2.27. The van der Waals surface area contributed by atoms with Crippen LogP contribution >= 0.6 is 0 Å². The van der Waals surface area contributed by atoms with Gasteiger partial charge >= 0.3 is 0 Å².